The summed E-state index contributed by atoms with van der Waals surface area (Å²) in [4.78, 5) is 23.9. The topological polar surface area (TPSA) is 76.7 Å². The summed E-state index contributed by atoms with van der Waals surface area (Å²) in [6.07, 6.45) is 0.0789. The van der Waals surface area contributed by atoms with Gasteiger partial charge in [-0.05, 0) is 35.9 Å². The lowest BCUT2D eigenvalue weighted by Crippen LogP contribution is -2.29. The summed E-state index contributed by atoms with van der Waals surface area (Å²) in [5.41, 5.74) is 1.36. The van der Waals surface area contributed by atoms with Crippen molar-refractivity contribution in [3.05, 3.63) is 53.1 Å². The molecule has 138 valence electrons. The van der Waals surface area contributed by atoms with Gasteiger partial charge in [0.2, 0.25) is 11.8 Å². The zero-order valence-corrected chi connectivity index (χ0v) is 15.6. The van der Waals surface area contributed by atoms with Crippen LogP contribution in [-0.2, 0) is 9.59 Å². The van der Waals surface area contributed by atoms with Gasteiger partial charge in [0.25, 0.3) is 0 Å². The van der Waals surface area contributed by atoms with Crippen LogP contribution in [0.3, 0.4) is 0 Å². The lowest BCUT2D eigenvalue weighted by atomic mass is 10.0. The summed E-state index contributed by atoms with van der Waals surface area (Å²) >= 11 is 6.07. The first kappa shape index (κ1) is 19.6. The molecule has 2 aromatic carbocycles. The molecule has 0 bridgehead atoms. The van der Waals surface area contributed by atoms with E-state index in [1.165, 1.54) is 14.0 Å². The monoisotopic (exact) mass is 376 g/mol. The van der Waals surface area contributed by atoms with E-state index in [4.69, 9.17) is 21.1 Å². The van der Waals surface area contributed by atoms with E-state index in [2.05, 4.69) is 10.6 Å². The molecule has 2 N–H and O–H groups in total. The van der Waals surface area contributed by atoms with Crippen LogP contribution in [-0.4, -0.2) is 26.0 Å². The molecule has 6 nitrogen and oxygen atoms in total. The molecule has 0 aliphatic heterocycles. The van der Waals surface area contributed by atoms with E-state index >= 15 is 0 Å². The predicted molar refractivity (Wildman–Crippen MR) is 101 cm³/mol. The maximum atomic E-state index is 12.4. The molecule has 0 saturated carbocycles. The number of nitrogens with one attached hydrogen (secondary N) is 2. The van der Waals surface area contributed by atoms with Gasteiger partial charge in [0, 0.05) is 12.6 Å². The highest BCUT2D eigenvalue weighted by atomic mass is 35.5. The molecular formula is C19H21ClN2O4. The quantitative estimate of drug-likeness (QED) is 0.774. The number of benzene rings is 2. The molecule has 0 radical (unpaired) electrons. The normalized spacial score (nSPS) is 11.4. The second-order valence-corrected chi connectivity index (χ2v) is 6.04. The molecule has 0 aromatic heterocycles. The largest absolute Gasteiger partial charge is 0.497 e. The highest BCUT2D eigenvalue weighted by molar-refractivity contribution is 6.32. The van der Waals surface area contributed by atoms with Crippen LogP contribution < -0.4 is 20.1 Å². The number of halogens is 1. The Labute approximate surface area is 157 Å². The molecule has 0 heterocycles. The predicted octanol–water partition coefficient (Wildman–Crippen LogP) is 3.56. The average Bonchev–Trinajstić information content (AvgIpc) is 2.61. The minimum atomic E-state index is -0.452. The van der Waals surface area contributed by atoms with Crippen LogP contribution in [0.5, 0.6) is 11.5 Å². The lowest BCUT2D eigenvalue weighted by molar-refractivity contribution is -0.120. The van der Waals surface area contributed by atoms with Crippen LogP contribution in [0.4, 0.5) is 5.69 Å². The number of carbonyl (C=O) groups is 2. The van der Waals surface area contributed by atoms with Crippen molar-refractivity contribution in [2.45, 2.75) is 19.4 Å². The third-order valence-corrected chi connectivity index (χ3v) is 4.02. The van der Waals surface area contributed by atoms with Gasteiger partial charge in [0.15, 0.2) is 0 Å². The SMILES string of the molecule is COc1ccc(C(CC(=O)Nc2ccc(OC)c(Cl)c2)NC(C)=O)cc1. The van der Waals surface area contributed by atoms with E-state index in [-0.39, 0.29) is 18.2 Å². The number of amides is 2. The summed E-state index contributed by atoms with van der Waals surface area (Å²) in [6.45, 7) is 1.41. The Morgan fingerprint density at radius 1 is 1.08 bits per heavy atom. The molecule has 2 amide bonds. The van der Waals surface area contributed by atoms with E-state index in [0.717, 1.165) is 5.56 Å². The zero-order valence-electron chi connectivity index (χ0n) is 14.8. The Morgan fingerprint density at radius 2 is 1.77 bits per heavy atom. The number of methoxy groups -OCH3 is 2. The molecule has 26 heavy (non-hydrogen) atoms. The van der Waals surface area contributed by atoms with Crippen molar-refractivity contribution < 1.29 is 19.1 Å². The Bertz CT molecular complexity index is 778. The second kappa shape index (κ2) is 9.10. The van der Waals surface area contributed by atoms with Gasteiger partial charge in [-0.2, -0.15) is 0 Å². The first-order chi connectivity index (χ1) is 12.4. The van der Waals surface area contributed by atoms with Gasteiger partial charge in [-0.3, -0.25) is 9.59 Å². The molecule has 7 heteroatoms. The van der Waals surface area contributed by atoms with Gasteiger partial charge in [-0.15, -0.1) is 0 Å². The van der Waals surface area contributed by atoms with Gasteiger partial charge >= 0.3 is 0 Å². The minimum absolute atomic E-state index is 0.0789. The molecule has 2 aromatic rings. The summed E-state index contributed by atoms with van der Waals surface area (Å²) in [7, 11) is 3.10. The van der Waals surface area contributed by atoms with E-state index in [1.807, 2.05) is 12.1 Å². The number of anilines is 1. The van der Waals surface area contributed by atoms with Crippen molar-refractivity contribution in [3.8, 4) is 11.5 Å². The number of ether oxygens (including phenoxy) is 2. The highest BCUT2D eigenvalue weighted by Crippen LogP contribution is 2.28. The summed E-state index contributed by atoms with van der Waals surface area (Å²) < 4.78 is 10.2. The fraction of sp³-hybridized carbons (Fsp3) is 0.263. The molecule has 0 aliphatic carbocycles. The third kappa shape index (κ3) is 5.39. The van der Waals surface area contributed by atoms with E-state index in [9.17, 15) is 9.59 Å². The Hall–Kier alpha value is -2.73. The molecule has 1 unspecified atom stereocenters. The van der Waals surface area contributed by atoms with Crippen molar-refractivity contribution in [2.24, 2.45) is 0 Å². The van der Waals surface area contributed by atoms with Gasteiger partial charge in [-0.25, -0.2) is 0 Å². The van der Waals surface area contributed by atoms with Crippen molar-refractivity contribution in [2.75, 3.05) is 19.5 Å². The van der Waals surface area contributed by atoms with Crippen LogP contribution in [0.2, 0.25) is 5.02 Å². The summed E-state index contributed by atoms with van der Waals surface area (Å²) in [5, 5.41) is 5.97. The molecule has 0 saturated heterocycles. The Kier molecular flexibility index (Phi) is 6.86. The van der Waals surface area contributed by atoms with Gasteiger partial charge < -0.3 is 20.1 Å². The first-order valence-electron chi connectivity index (χ1n) is 7.97. The summed E-state index contributed by atoms with van der Waals surface area (Å²) in [6, 6.07) is 11.7. The minimum Gasteiger partial charge on any atom is -0.497 e. The fourth-order valence-corrected chi connectivity index (χ4v) is 2.73. The standard InChI is InChI=1S/C19H21ClN2O4/c1-12(23)21-17(13-4-7-15(25-2)8-5-13)11-19(24)22-14-6-9-18(26-3)16(20)10-14/h4-10,17H,11H2,1-3H3,(H,21,23)(H,22,24). The molecule has 0 fully saturated rings. The Balaban J connectivity index is 2.10. The van der Waals surface area contributed by atoms with Crippen LogP contribution >= 0.6 is 11.6 Å². The zero-order chi connectivity index (χ0) is 19.1. The molecule has 2 rings (SSSR count). The van der Waals surface area contributed by atoms with Gasteiger partial charge in [0.05, 0.1) is 31.7 Å². The van der Waals surface area contributed by atoms with E-state index < -0.39 is 6.04 Å². The number of rotatable bonds is 7. The van der Waals surface area contributed by atoms with Crippen molar-refractivity contribution in [1.29, 1.82) is 0 Å². The van der Waals surface area contributed by atoms with E-state index in [1.54, 1.807) is 37.4 Å². The van der Waals surface area contributed by atoms with Crippen LogP contribution in [0.25, 0.3) is 0 Å². The molecule has 0 spiro atoms. The molecular weight excluding hydrogens is 356 g/mol. The average molecular weight is 377 g/mol. The third-order valence-electron chi connectivity index (χ3n) is 3.72. The maximum absolute atomic E-state index is 12.4. The van der Waals surface area contributed by atoms with Gasteiger partial charge in [-0.1, -0.05) is 23.7 Å². The molecule has 0 aliphatic rings. The Morgan fingerprint density at radius 3 is 2.31 bits per heavy atom. The second-order valence-electron chi connectivity index (χ2n) is 5.63. The van der Waals surface area contributed by atoms with Crippen LogP contribution in [0, 0.1) is 0 Å². The number of carbonyl (C=O) groups excluding carboxylic acids is 2. The first-order valence-corrected chi connectivity index (χ1v) is 8.35. The van der Waals surface area contributed by atoms with E-state index in [0.29, 0.717) is 22.2 Å². The smallest absolute Gasteiger partial charge is 0.226 e. The van der Waals surface area contributed by atoms with Crippen molar-refractivity contribution in [1.82, 2.24) is 5.32 Å². The molecule has 1 atom stereocenters. The van der Waals surface area contributed by atoms with Crippen molar-refractivity contribution >= 4 is 29.1 Å². The fourth-order valence-electron chi connectivity index (χ4n) is 2.48. The van der Waals surface area contributed by atoms with Crippen molar-refractivity contribution in [3.63, 3.8) is 0 Å². The number of hydrogen-bond donors (Lipinski definition) is 2. The van der Waals surface area contributed by atoms with Gasteiger partial charge in [0.1, 0.15) is 11.5 Å². The highest BCUT2D eigenvalue weighted by Gasteiger charge is 2.18. The summed E-state index contributed by atoms with van der Waals surface area (Å²) in [5.74, 6) is 0.763. The lowest BCUT2D eigenvalue weighted by Gasteiger charge is -2.18. The number of hydrogen-bond acceptors (Lipinski definition) is 4. The van der Waals surface area contributed by atoms with Crippen LogP contribution in [0.1, 0.15) is 24.9 Å². The van der Waals surface area contributed by atoms with Crippen LogP contribution in [0.15, 0.2) is 42.5 Å². The maximum Gasteiger partial charge on any atom is 0.226 e.